The van der Waals surface area contributed by atoms with Gasteiger partial charge in [-0.05, 0) is 24.3 Å². The standard InChI is InChI=1S/C20H24N6O4/c1-28-19(27)21-15-4-2-14(3-5-15)16-22-17(25-6-8-29-9-7-25)24-18(23-16)26-10-20(11-26)12-30-13-20/h2-5H,6-13H2,1H3,(H,21,27). The molecule has 4 heterocycles. The topological polar surface area (TPSA) is 102 Å². The molecular weight excluding hydrogens is 388 g/mol. The van der Waals surface area contributed by atoms with E-state index in [1.165, 1.54) is 7.11 Å². The van der Waals surface area contributed by atoms with Gasteiger partial charge in [0.1, 0.15) is 0 Å². The van der Waals surface area contributed by atoms with Crippen molar-refractivity contribution in [2.45, 2.75) is 0 Å². The molecule has 3 saturated heterocycles. The Labute approximate surface area is 174 Å². The number of nitrogens with one attached hydrogen (secondary N) is 1. The average molecular weight is 412 g/mol. The van der Waals surface area contributed by atoms with Gasteiger partial charge in [-0.1, -0.05) is 0 Å². The number of methoxy groups -OCH3 is 1. The Morgan fingerprint density at radius 3 is 2.27 bits per heavy atom. The highest BCUT2D eigenvalue weighted by Gasteiger charge is 2.50. The lowest BCUT2D eigenvalue weighted by molar-refractivity contribution is -0.127. The van der Waals surface area contributed by atoms with Crippen molar-refractivity contribution in [2.24, 2.45) is 5.41 Å². The van der Waals surface area contributed by atoms with Crippen molar-refractivity contribution >= 4 is 23.7 Å². The summed E-state index contributed by atoms with van der Waals surface area (Å²) in [6.45, 7) is 6.26. The number of carbonyl (C=O) groups excluding carboxylic acids is 1. The van der Waals surface area contributed by atoms with Crippen LogP contribution in [0.3, 0.4) is 0 Å². The molecule has 2 aromatic rings. The van der Waals surface area contributed by atoms with E-state index in [1.807, 2.05) is 12.1 Å². The molecule has 0 bridgehead atoms. The second kappa shape index (κ2) is 7.69. The van der Waals surface area contributed by atoms with Gasteiger partial charge >= 0.3 is 6.09 Å². The molecule has 0 atom stereocenters. The molecule has 5 rings (SSSR count). The van der Waals surface area contributed by atoms with Crippen LogP contribution < -0.4 is 15.1 Å². The lowest BCUT2D eigenvalue weighted by Gasteiger charge is -2.54. The monoisotopic (exact) mass is 412 g/mol. The largest absolute Gasteiger partial charge is 0.453 e. The zero-order valence-corrected chi connectivity index (χ0v) is 16.8. The fourth-order valence-electron chi connectivity index (χ4n) is 3.88. The third-order valence-corrected chi connectivity index (χ3v) is 5.63. The van der Waals surface area contributed by atoms with Crippen LogP contribution in [0.1, 0.15) is 0 Å². The number of nitrogens with zero attached hydrogens (tertiary/aromatic N) is 5. The highest BCUT2D eigenvalue weighted by molar-refractivity contribution is 5.84. The van der Waals surface area contributed by atoms with E-state index in [2.05, 4.69) is 19.9 Å². The predicted octanol–water partition coefficient (Wildman–Crippen LogP) is 1.39. The maximum atomic E-state index is 11.4. The minimum atomic E-state index is -0.508. The molecule has 0 aliphatic carbocycles. The molecule has 3 aliphatic heterocycles. The third-order valence-electron chi connectivity index (χ3n) is 5.63. The second-order valence-electron chi connectivity index (χ2n) is 7.90. The molecule has 1 aromatic carbocycles. The Hall–Kier alpha value is -2.98. The van der Waals surface area contributed by atoms with Gasteiger partial charge in [0.05, 0.1) is 39.0 Å². The SMILES string of the molecule is COC(=O)Nc1ccc(-c2nc(N3CCOCC3)nc(N3CC4(COC4)C3)n2)cc1. The number of aromatic nitrogens is 3. The molecule has 1 aromatic heterocycles. The fourth-order valence-corrected chi connectivity index (χ4v) is 3.88. The molecule has 10 heteroatoms. The van der Waals surface area contributed by atoms with E-state index < -0.39 is 6.09 Å². The minimum Gasteiger partial charge on any atom is -0.453 e. The molecule has 1 N–H and O–H groups in total. The molecule has 10 nitrogen and oxygen atoms in total. The molecule has 1 amide bonds. The average Bonchev–Trinajstić information content (AvgIpc) is 2.72. The van der Waals surface area contributed by atoms with Crippen molar-refractivity contribution in [1.82, 2.24) is 15.0 Å². The summed E-state index contributed by atoms with van der Waals surface area (Å²) in [4.78, 5) is 29.9. The molecule has 3 fully saturated rings. The van der Waals surface area contributed by atoms with E-state index in [4.69, 9.17) is 24.4 Å². The van der Waals surface area contributed by atoms with Crippen LogP contribution in [0.15, 0.2) is 24.3 Å². The number of carbonyl (C=O) groups is 1. The van der Waals surface area contributed by atoms with Crippen LogP contribution in [0.2, 0.25) is 0 Å². The number of morpholine rings is 1. The Balaban J connectivity index is 1.42. The van der Waals surface area contributed by atoms with Crippen LogP contribution in [0, 0.1) is 5.41 Å². The van der Waals surface area contributed by atoms with Gasteiger partial charge in [0.2, 0.25) is 11.9 Å². The normalized spacial score (nSPS) is 19.8. The van der Waals surface area contributed by atoms with Gasteiger partial charge < -0.3 is 24.0 Å². The number of hydrogen-bond acceptors (Lipinski definition) is 9. The molecule has 30 heavy (non-hydrogen) atoms. The summed E-state index contributed by atoms with van der Waals surface area (Å²) in [7, 11) is 1.33. The van der Waals surface area contributed by atoms with E-state index in [1.54, 1.807) is 12.1 Å². The van der Waals surface area contributed by atoms with Gasteiger partial charge in [-0.3, -0.25) is 5.32 Å². The summed E-state index contributed by atoms with van der Waals surface area (Å²) in [6.07, 6.45) is -0.508. The van der Waals surface area contributed by atoms with Crippen LogP contribution in [-0.2, 0) is 14.2 Å². The third kappa shape index (κ3) is 3.63. The molecule has 0 saturated carbocycles. The summed E-state index contributed by atoms with van der Waals surface area (Å²) >= 11 is 0. The van der Waals surface area contributed by atoms with Crippen LogP contribution in [-0.4, -0.2) is 80.8 Å². The lowest BCUT2D eigenvalue weighted by atomic mass is 9.78. The van der Waals surface area contributed by atoms with Crippen molar-refractivity contribution < 1.29 is 19.0 Å². The van der Waals surface area contributed by atoms with Gasteiger partial charge in [-0.15, -0.1) is 0 Å². The Morgan fingerprint density at radius 1 is 1.00 bits per heavy atom. The van der Waals surface area contributed by atoms with Crippen LogP contribution in [0.4, 0.5) is 22.4 Å². The number of ether oxygens (including phenoxy) is 3. The molecular formula is C20H24N6O4. The predicted molar refractivity (Wildman–Crippen MR) is 110 cm³/mol. The van der Waals surface area contributed by atoms with Crippen LogP contribution in [0.5, 0.6) is 0 Å². The second-order valence-corrected chi connectivity index (χ2v) is 7.90. The lowest BCUT2D eigenvalue weighted by Crippen LogP contribution is -2.66. The van der Waals surface area contributed by atoms with Gasteiger partial charge in [0.15, 0.2) is 5.82 Å². The first kappa shape index (κ1) is 19.0. The Bertz CT molecular complexity index is 919. The minimum absolute atomic E-state index is 0.271. The Morgan fingerprint density at radius 2 is 1.67 bits per heavy atom. The maximum Gasteiger partial charge on any atom is 0.411 e. The fraction of sp³-hybridized carbons (Fsp3) is 0.500. The van der Waals surface area contributed by atoms with Crippen molar-refractivity contribution in [3.05, 3.63) is 24.3 Å². The summed E-state index contributed by atoms with van der Waals surface area (Å²) in [5.41, 5.74) is 1.77. The smallest absolute Gasteiger partial charge is 0.411 e. The first-order chi connectivity index (χ1) is 14.6. The van der Waals surface area contributed by atoms with Gasteiger partial charge in [0.25, 0.3) is 0 Å². The van der Waals surface area contributed by atoms with Crippen molar-refractivity contribution in [2.75, 3.05) is 74.8 Å². The zero-order chi connectivity index (χ0) is 20.6. The van der Waals surface area contributed by atoms with Crippen molar-refractivity contribution in [3.63, 3.8) is 0 Å². The van der Waals surface area contributed by atoms with E-state index in [0.29, 0.717) is 36.6 Å². The zero-order valence-electron chi connectivity index (χ0n) is 16.8. The van der Waals surface area contributed by atoms with E-state index in [9.17, 15) is 4.79 Å². The van der Waals surface area contributed by atoms with Gasteiger partial charge in [0, 0.05) is 37.4 Å². The maximum absolute atomic E-state index is 11.4. The number of amides is 1. The quantitative estimate of drug-likeness (QED) is 0.798. The molecule has 0 radical (unpaired) electrons. The molecule has 0 unspecified atom stereocenters. The highest BCUT2D eigenvalue weighted by Crippen LogP contribution is 2.39. The summed E-state index contributed by atoms with van der Waals surface area (Å²) in [5, 5.41) is 2.65. The number of anilines is 3. The highest BCUT2D eigenvalue weighted by atomic mass is 16.5. The van der Waals surface area contributed by atoms with Gasteiger partial charge in [-0.25, -0.2) is 4.79 Å². The first-order valence-electron chi connectivity index (χ1n) is 10.0. The molecule has 158 valence electrons. The summed E-state index contributed by atoms with van der Waals surface area (Å²) < 4.78 is 15.5. The first-order valence-corrected chi connectivity index (χ1v) is 10.0. The summed E-state index contributed by atoms with van der Waals surface area (Å²) in [6, 6.07) is 7.36. The van der Waals surface area contributed by atoms with E-state index in [0.717, 1.165) is 45.0 Å². The van der Waals surface area contributed by atoms with Crippen molar-refractivity contribution in [3.8, 4) is 11.4 Å². The van der Waals surface area contributed by atoms with Gasteiger partial charge in [-0.2, -0.15) is 15.0 Å². The summed E-state index contributed by atoms with van der Waals surface area (Å²) in [5.74, 6) is 1.97. The number of rotatable bonds is 4. The van der Waals surface area contributed by atoms with E-state index in [-0.39, 0.29) is 5.41 Å². The number of benzene rings is 1. The molecule has 1 spiro atoms. The van der Waals surface area contributed by atoms with Crippen LogP contribution >= 0.6 is 0 Å². The van der Waals surface area contributed by atoms with Crippen LogP contribution in [0.25, 0.3) is 11.4 Å². The molecule has 3 aliphatic rings. The van der Waals surface area contributed by atoms with Crippen molar-refractivity contribution in [1.29, 1.82) is 0 Å². The van der Waals surface area contributed by atoms with E-state index >= 15 is 0 Å². The number of hydrogen-bond donors (Lipinski definition) is 1. The Kier molecular flexibility index (Phi) is 4.87.